The third kappa shape index (κ3) is 2.94. The number of aliphatic carboxylic acids is 1. The van der Waals surface area contributed by atoms with Crippen molar-refractivity contribution >= 4 is 12.0 Å². The molecule has 0 aromatic carbocycles. The number of urea groups is 1. The topological polar surface area (TPSA) is 60.9 Å². The summed E-state index contributed by atoms with van der Waals surface area (Å²) in [5, 5.41) is 8.76. The van der Waals surface area contributed by atoms with E-state index in [0.717, 1.165) is 38.6 Å². The zero-order valence-corrected chi connectivity index (χ0v) is 11.0. The van der Waals surface area contributed by atoms with E-state index in [0.29, 0.717) is 12.6 Å². The van der Waals surface area contributed by atoms with Crippen molar-refractivity contribution in [3.63, 3.8) is 0 Å². The molecule has 102 valence electrons. The van der Waals surface area contributed by atoms with Gasteiger partial charge in [-0.05, 0) is 32.1 Å². The van der Waals surface area contributed by atoms with Crippen LogP contribution < -0.4 is 0 Å². The number of rotatable bonds is 5. The van der Waals surface area contributed by atoms with Crippen LogP contribution >= 0.6 is 0 Å². The molecule has 2 amide bonds. The van der Waals surface area contributed by atoms with E-state index in [1.54, 1.807) is 4.90 Å². The molecule has 2 aliphatic rings. The lowest BCUT2D eigenvalue weighted by Gasteiger charge is -2.31. The van der Waals surface area contributed by atoms with Crippen LogP contribution in [0.4, 0.5) is 4.79 Å². The van der Waals surface area contributed by atoms with Gasteiger partial charge in [0.2, 0.25) is 0 Å². The molecule has 1 saturated heterocycles. The van der Waals surface area contributed by atoms with Crippen molar-refractivity contribution in [2.24, 2.45) is 0 Å². The van der Waals surface area contributed by atoms with Crippen LogP contribution in [-0.4, -0.2) is 52.1 Å². The van der Waals surface area contributed by atoms with Crippen LogP contribution in [-0.2, 0) is 4.79 Å². The molecule has 2 rings (SSSR count). The van der Waals surface area contributed by atoms with E-state index in [1.165, 1.54) is 0 Å². The molecular weight excluding hydrogens is 232 g/mol. The molecule has 5 nitrogen and oxygen atoms in total. The van der Waals surface area contributed by atoms with Gasteiger partial charge in [0.15, 0.2) is 0 Å². The first-order valence-electron chi connectivity index (χ1n) is 6.92. The van der Waals surface area contributed by atoms with Crippen LogP contribution in [0.3, 0.4) is 0 Å². The van der Waals surface area contributed by atoms with Crippen molar-refractivity contribution < 1.29 is 14.7 Å². The van der Waals surface area contributed by atoms with Crippen LogP contribution in [0.1, 0.15) is 45.4 Å². The van der Waals surface area contributed by atoms with Crippen LogP contribution in [0, 0.1) is 0 Å². The van der Waals surface area contributed by atoms with Crippen molar-refractivity contribution in [2.75, 3.05) is 13.1 Å². The Morgan fingerprint density at radius 3 is 2.61 bits per heavy atom. The van der Waals surface area contributed by atoms with E-state index in [2.05, 4.69) is 6.92 Å². The number of carbonyl (C=O) groups excluding carboxylic acids is 1. The van der Waals surface area contributed by atoms with Crippen molar-refractivity contribution in [1.29, 1.82) is 0 Å². The maximum absolute atomic E-state index is 12.5. The molecular formula is C13H22N2O3. The molecule has 5 heteroatoms. The van der Waals surface area contributed by atoms with Gasteiger partial charge >= 0.3 is 12.0 Å². The Morgan fingerprint density at radius 2 is 2.06 bits per heavy atom. The summed E-state index contributed by atoms with van der Waals surface area (Å²) in [5.41, 5.74) is 0. The fourth-order valence-electron chi connectivity index (χ4n) is 2.71. The second kappa shape index (κ2) is 5.59. The average molecular weight is 254 g/mol. The van der Waals surface area contributed by atoms with E-state index in [-0.39, 0.29) is 18.5 Å². The minimum Gasteiger partial charge on any atom is -0.481 e. The minimum absolute atomic E-state index is 0.0485. The summed E-state index contributed by atoms with van der Waals surface area (Å²) in [6.45, 7) is 3.29. The van der Waals surface area contributed by atoms with Gasteiger partial charge in [0.25, 0.3) is 0 Å². The Bertz CT molecular complexity index is 328. The normalized spacial score (nSPS) is 23.2. The van der Waals surface area contributed by atoms with Gasteiger partial charge in [-0.2, -0.15) is 0 Å². The van der Waals surface area contributed by atoms with Gasteiger partial charge in [0.1, 0.15) is 0 Å². The Balaban J connectivity index is 1.96. The van der Waals surface area contributed by atoms with Gasteiger partial charge in [0.05, 0.1) is 6.42 Å². The number of amides is 2. The van der Waals surface area contributed by atoms with Crippen molar-refractivity contribution in [3.8, 4) is 0 Å². The third-order valence-electron chi connectivity index (χ3n) is 3.89. The largest absolute Gasteiger partial charge is 0.481 e. The summed E-state index contributed by atoms with van der Waals surface area (Å²) < 4.78 is 0. The van der Waals surface area contributed by atoms with Crippen molar-refractivity contribution in [3.05, 3.63) is 0 Å². The number of carboxylic acid groups (broad SMARTS) is 1. The highest BCUT2D eigenvalue weighted by molar-refractivity contribution is 5.76. The third-order valence-corrected chi connectivity index (χ3v) is 3.89. The zero-order valence-electron chi connectivity index (χ0n) is 11.0. The summed E-state index contributed by atoms with van der Waals surface area (Å²) in [6, 6.07) is 0.696. The summed E-state index contributed by atoms with van der Waals surface area (Å²) in [5.74, 6) is -0.832. The summed E-state index contributed by atoms with van der Waals surface area (Å²) >= 11 is 0. The van der Waals surface area contributed by atoms with Crippen molar-refractivity contribution in [1.82, 2.24) is 9.80 Å². The summed E-state index contributed by atoms with van der Waals surface area (Å²) in [7, 11) is 0. The highest BCUT2D eigenvalue weighted by atomic mass is 16.4. The molecule has 1 aliphatic heterocycles. The van der Waals surface area contributed by atoms with Gasteiger partial charge in [-0.3, -0.25) is 4.79 Å². The maximum atomic E-state index is 12.5. The second-order valence-corrected chi connectivity index (χ2v) is 5.25. The molecule has 0 bridgehead atoms. The van der Waals surface area contributed by atoms with Crippen LogP contribution in [0.2, 0.25) is 0 Å². The lowest BCUT2D eigenvalue weighted by atomic mass is 10.2. The first kappa shape index (κ1) is 13.2. The summed E-state index contributed by atoms with van der Waals surface area (Å²) in [4.78, 5) is 26.9. The molecule has 0 aromatic heterocycles. The molecule has 1 N–H and O–H groups in total. The van der Waals surface area contributed by atoms with Gasteiger partial charge in [-0.1, -0.05) is 6.92 Å². The molecule has 1 aliphatic carbocycles. The SMILES string of the molecule is CCC1CCCN1C(=O)N(CCC(=O)O)C1CC1. The average Bonchev–Trinajstić information content (AvgIpc) is 3.06. The maximum Gasteiger partial charge on any atom is 0.320 e. The quantitative estimate of drug-likeness (QED) is 0.815. The fourth-order valence-corrected chi connectivity index (χ4v) is 2.71. The van der Waals surface area contributed by atoms with E-state index in [4.69, 9.17) is 5.11 Å². The molecule has 0 spiro atoms. The highest BCUT2D eigenvalue weighted by Gasteiger charge is 2.37. The number of likely N-dealkylation sites (tertiary alicyclic amines) is 1. The van der Waals surface area contributed by atoms with E-state index in [9.17, 15) is 9.59 Å². The Hall–Kier alpha value is -1.26. The van der Waals surface area contributed by atoms with Crippen molar-refractivity contribution in [2.45, 2.75) is 57.5 Å². The fraction of sp³-hybridized carbons (Fsp3) is 0.846. The molecule has 1 saturated carbocycles. The Labute approximate surface area is 108 Å². The van der Waals surface area contributed by atoms with E-state index in [1.807, 2.05) is 4.90 Å². The smallest absolute Gasteiger partial charge is 0.320 e. The minimum atomic E-state index is -0.832. The molecule has 0 aromatic rings. The lowest BCUT2D eigenvalue weighted by molar-refractivity contribution is -0.137. The Kier molecular flexibility index (Phi) is 4.09. The number of carboxylic acids is 1. The van der Waals surface area contributed by atoms with Gasteiger partial charge in [0, 0.05) is 25.2 Å². The van der Waals surface area contributed by atoms with E-state index < -0.39 is 5.97 Å². The highest BCUT2D eigenvalue weighted by Crippen LogP contribution is 2.30. The molecule has 18 heavy (non-hydrogen) atoms. The lowest BCUT2D eigenvalue weighted by Crippen LogP contribution is -2.47. The predicted octanol–water partition coefficient (Wildman–Crippen LogP) is 1.92. The first-order valence-corrected chi connectivity index (χ1v) is 6.92. The van der Waals surface area contributed by atoms with Gasteiger partial charge < -0.3 is 14.9 Å². The monoisotopic (exact) mass is 254 g/mol. The zero-order chi connectivity index (χ0) is 13.1. The molecule has 1 atom stereocenters. The van der Waals surface area contributed by atoms with Crippen LogP contribution in [0.25, 0.3) is 0 Å². The van der Waals surface area contributed by atoms with Crippen LogP contribution in [0.5, 0.6) is 0 Å². The molecule has 2 fully saturated rings. The van der Waals surface area contributed by atoms with Gasteiger partial charge in [-0.25, -0.2) is 4.79 Å². The van der Waals surface area contributed by atoms with Crippen LogP contribution in [0.15, 0.2) is 0 Å². The Morgan fingerprint density at radius 1 is 1.33 bits per heavy atom. The summed E-state index contributed by atoms with van der Waals surface area (Å²) in [6.07, 6.45) is 5.24. The van der Waals surface area contributed by atoms with E-state index >= 15 is 0 Å². The predicted molar refractivity (Wildman–Crippen MR) is 67.4 cm³/mol. The number of hydrogen-bond donors (Lipinski definition) is 1. The molecule has 1 heterocycles. The molecule has 1 unspecified atom stereocenters. The number of hydrogen-bond acceptors (Lipinski definition) is 2. The number of nitrogens with zero attached hydrogens (tertiary/aromatic N) is 2. The molecule has 0 radical (unpaired) electrons. The second-order valence-electron chi connectivity index (χ2n) is 5.25. The number of carbonyl (C=O) groups is 2. The van der Waals surface area contributed by atoms with Gasteiger partial charge in [-0.15, -0.1) is 0 Å². The standard InChI is InChI=1S/C13H22N2O3/c1-2-10-4-3-8-14(10)13(18)15(11-5-6-11)9-7-12(16)17/h10-11H,2-9H2,1H3,(H,16,17). The first-order chi connectivity index (χ1) is 8.63.